The molecule has 1 heterocycles. The molecule has 1 saturated heterocycles. The van der Waals surface area contributed by atoms with Crippen molar-refractivity contribution in [3.8, 4) is 0 Å². The lowest BCUT2D eigenvalue weighted by molar-refractivity contribution is -0.127. The van der Waals surface area contributed by atoms with Crippen LogP contribution in [0.1, 0.15) is 62.2 Å². The molecule has 6 nitrogen and oxygen atoms in total. The Bertz CT molecular complexity index is 702. The van der Waals surface area contributed by atoms with E-state index in [1.165, 1.54) is 43.2 Å². The fourth-order valence-electron chi connectivity index (χ4n) is 4.29. The molecule has 2 N–H and O–H groups in total. The second-order valence-corrected chi connectivity index (χ2v) is 8.92. The van der Waals surface area contributed by atoms with Gasteiger partial charge in [-0.15, -0.1) is 24.0 Å². The van der Waals surface area contributed by atoms with E-state index in [1.54, 1.807) is 19.0 Å². The van der Waals surface area contributed by atoms with Crippen molar-refractivity contribution in [3.63, 3.8) is 0 Å². The summed E-state index contributed by atoms with van der Waals surface area (Å²) in [6.07, 6.45) is 8.47. The molecule has 3 rings (SSSR count). The van der Waals surface area contributed by atoms with Gasteiger partial charge in [-0.2, -0.15) is 0 Å². The molecule has 2 unspecified atom stereocenters. The number of halogens is 1. The van der Waals surface area contributed by atoms with Crippen molar-refractivity contribution in [3.05, 3.63) is 35.4 Å². The lowest BCUT2D eigenvalue weighted by atomic mass is 9.89. The zero-order valence-electron chi connectivity index (χ0n) is 19.2. The van der Waals surface area contributed by atoms with Crippen molar-refractivity contribution in [2.45, 2.75) is 64.0 Å². The van der Waals surface area contributed by atoms with Crippen molar-refractivity contribution in [1.29, 1.82) is 0 Å². The van der Waals surface area contributed by atoms with Gasteiger partial charge in [0.1, 0.15) is 6.54 Å². The minimum atomic E-state index is 0. The summed E-state index contributed by atoms with van der Waals surface area (Å²) in [5.41, 5.74) is 2.51. The van der Waals surface area contributed by atoms with Gasteiger partial charge in [-0.1, -0.05) is 49.1 Å². The topological polar surface area (TPSA) is 66.0 Å². The van der Waals surface area contributed by atoms with Crippen molar-refractivity contribution in [2.24, 2.45) is 10.9 Å². The number of guanidine groups is 1. The highest BCUT2D eigenvalue weighted by Gasteiger charge is 2.28. The fraction of sp³-hybridized carbons (Fsp3) is 0.667. The molecule has 1 aliphatic carbocycles. The summed E-state index contributed by atoms with van der Waals surface area (Å²) < 4.78 is 6.17. The predicted octanol–water partition coefficient (Wildman–Crippen LogP) is 4.04. The molecule has 31 heavy (non-hydrogen) atoms. The summed E-state index contributed by atoms with van der Waals surface area (Å²) in [6, 6.07) is 9.12. The van der Waals surface area contributed by atoms with Crippen molar-refractivity contribution in [2.75, 3.05) is 33.8 Å². The molecule has 1 aliphatic heterocycles. The third kappa shape index (κ3) is 8.25. The lowest BCUT2D eigenvalue weighted by Crippen LogP contribution is -2.47. The second-order valence-electron chi connectivity index (χ2n) is 8.92. The molecule has 2 aliphatic rings. The highest BCUT2D eigenvalue weighted by molar-refractivity contribution is 14.0. The summed E-state index contributed by atoms with van der Waals surface area (Å²) in [5, 5.41) is 7.11. The number of nitrogens with zero attached hydrogens (tertiary/aromatic N) is 2. The molecule has 1 amide bonds. The largest absolute Gasteiger partial charge is 0.373 e. The van der Waals surface area contributed by atoms with Crippen molar-refractivity contribution in [1.82, 2.24) is 15.5 Å². The molecule has 0 spiro atoms. The summed E-state index contributed by atoms with van der Waals surface area (Å²) in [5.74, 6) is 1.15. The van der Waals surface area contributed by atoms with Gasteiger partial charge in [0, 0.05) is 39.2 Å². The van der Waals surface area contributed by atoms with Gasteiger partial charge < -0.3 is 20.3 Å². The maximum atomic E-state index is 12.1. The molecular weight excluding hydrogens is 503 g/mol. The predicted molar refractivity (Wildman–Crippen MR) is 137 cm³/mol. The lowest BCUT2D eigenvalue weighted by Gasteiger charge is -2.33. The Hall–Kier alpha value is -1.35. The van der Waals surface area contributed by atoms with Crippen LogP contribution in [0, 0.1) is 12.8 Å². The molecule has 174 valence electrons. The molecular formula is C24H39IN4O2. The number of carbonyl (C=O) groups is 1. The maximum absolute atomic E-state index is 12.1. The van der Waals surface area contributed by atoms with Crippen LogP contribution < -0.4 is 10.6 Å². The Morgan fingerprint density at radius 3 is 2.48 bits per heavy atom. The van der Waals surface area contributed by atoms with E-state index in [0.717, 1.165) is 32.0 Å². The van der Waals surface area contributed by atoms with Gasteiger partial charge in [0.15, 0.2) is 5.96 Å². The van der Waals surface area contributed by atoms with Gasteiger partial charge in [0.2, 0.25) is 5.91 Å². The SMILES string of the molecule is Cc1ccc(C2OCCCC2CNC(=NCC(=O)N(C)C)NC2CCCCC2)cc1.I. The van der Waals surface area contributed by atoms with E-state index in [1.807, 2.05) is 0 Å². The number of rotatable bonds is 6. The Morgan fingerprint density at radius 2 is 1.81 bits per heavy atom. The third-order valence-electron chi connectivity index (χ3n) is 6.20. The highest BCUT2D eigenvalue weighted by atomic mass is 127. The Morgan fingerprint density at radius 1 is 1.10 bits per heavy atom. The van der Waals surface area contributed by atoms with Crippen LogP contribution in [0.15, 0.2) is 29.3 Å². The summed E-state index contributed by atoms with van der Waals surface area (Å²) in [4.78, 5) is 18.2. The first-order valence-electron chi connectivity index (χ1n) is 11.5. The van der Waals surface area contributed by atoms with E-state index < -0.39 is 0 Å². The minimum Gasteiger partial charge on any atom is -0.373 e. The zero-order valence-corrected chi connectivity index (χ0v) is 21.6. The molecule has 1 aromatic rings. The minimum absolute atomic E-state index is 0. The molecule has 0 radical (unpaired) electrons. The number of hydrogen-bond acceptors (Lipinski definition) is 3. The average molecular weight is 543 g/mol. The standard InChI is InChI=1S/C24H38N4O2.HI/c1-18-11-13-19(14-12-18)23-20(8-7-15-30-23)16-25-24(26-17-22(29)28(2)3)27-21-9-5-4-6-10-21;/h11-14,20-21,23H,4-10,15-17H2,1-3H3,(H2,25,26,27);1H. The number of amides is 1. The van der Waals surface area contributed by atoms with Crippen LogP contribution in [0.5, 0.6) is 0 Å². The molecule has 7 heteroatoms. The van der Waals surface area contributed by atoms with E-state index in [-0.39, 0.29) is 42.5 Å². The first-order valence-corrected chi connectivity index (χ1v) is 11.5. The number of nitrogens with one attached hydrogen (secondary N) is 2. The number of aliphatic imine (C=N–C) groups is 1. The van der Waals surface area contributed by atoms with Crippen molar-refractivity contribution >= 4 is 35.8 Å². The van der Waals surface area contributed by atoms with E-state index in [0.29, 0.717) is 12.0 Å². The molecule has 1 aromatic carbocycles. The number of hydrogen-bond donors (Lipinski definition) is 2. The normalized spacial score (nSPS) is 22.4. The summed E-state index contributed by atoms with van der Waals surface area (Å²) in [7, 11) is 3.54. The second kappa shape index (κ2) is 13.3. The van der Waals surface area contributed by atoms with Crippen LogP contribution in [0.4, 0.5) is 0 Å². The van der Waals surface area contributed by atoms with Gasteiger partial charge in [-0.05, 0) is 38.2 Å². The molecule has 2 fully saturated rings. The average Bonchev–Trinajstić information content (AvgIpc) is 2.77. The molecule has 1 saturated carbocycles. The third-order valence-corrected chi connectivity index (χ3v) is 6.20. The fourth-order valence-corrected chi connectivity index (χ4v) is 4.29. The quantitative estimate of drug-likeness (QED) is 0.324. The molecule has 2 atom stereocenters. The Labute approximate surface area is 204 Å². The monoisotopic (exact) mass is 542 g/mol. The first kappa shape index (κ1) is 25.9. The van der Waals surface area contributed by atoms with Gasteiger partial charge in [0.25, 0.3) is 0 Å². The number of carbonyl (C=O) groups excluding carboxylic acids is 1. The number of aryl methyl sites for hydroxylation is 1. The summed E-state index contributed by atoms with van der Waals surface area (Å²) in [6.45, 7) is 3.87. The van der Waals surface area contributed by atoms with E-state index in [9.17, 15) is 4.79 Å². The maximum Gasteiger partial charge on any atom is 0.243 e. The zero-order chi connectivity index (χ0) is 21.3. The van der Waals surface area contributed by atoms with E-state index in [2.05, 4.69) is 46.8 Å². The van der Waals surface area contributed by atoms with Gasteiger partial charge in [0.05, 0.1) is 6.10 Å². The van der Waals surface area contributed by atoms with Crippen LogP contribution in [-0.2, 0) is 9.53 Å². The van der Waals surface area contributed by atoms with Crippen LogP contribution in [0.2, 0.25) is 0 Å². The first-order chi connectivity index (χ1) is 14.5. The van der Waals surface area contributed by atoms with Crippen molar-refractivity contribution < 1.29 is 9.53 Å². The van der Waals surface area contributed by atoms with Gasteiger partial charge >= 0.3 is 0 Å². The molecule has 0 bridgehead atoms. The molecule has 0 aromatic heterocycles. The van der Waals surface area contributed by atoms with Crippen LogP contribution in [-0.4, -0.2) is 56.6 Å². The highest BCUT2D eigenvalue weighted by Crippen LogP contribution is 2.33. The van der Waals surface area contributed by atoms with Crippen LogP contribution in [0.3, 0.4) is 0 Å². The number of likely N-dealkylation sites (N-methyl/N-ethyl adjacent to an activating group) is 1. The van der Waals surface area contributed by atoms with Gasteiger partial charge in [-0.25, -0.2) is 4.99 Å². The Balaban J connectivity index is 0.00000341. The van der Waals surface area contributed by atoms with Crippen LogP contribution >= 0.6 is 24.0 Å². The number of benzene rings is 1. The van der Waals surface area contributed by atoms with Crippen LogP contribution in [0.25, 0.3) is 0 Å². The van der Waals surface area contributed by atoms with E-state index >= 15 is 0 Å². The summed E-state index contributed by atoms with van der Waals surface area (Å²) >= 11 is 0. The number of ether oxygens (including phenoxy) is 1. The Kier molecular flexibility index (Phi) is 11.1. The van der Waals surface area contributed by atoms with E-state index in [4.69, 9.17) is 4.74 Å². The van der Waals surface area contributed by atoms with Gasteiger partial charge in [-0.3, -0.25) is 4.79 Å². The smallest absolute Gasteiger partial charge is 0.243 e.